The summed E-state index contributed by atoms with van der Waals surface area (Å²) in [5.74, 6) is -0.844. The first kappa shape index (κ1) is 21.9. The summed E-state index contributed by atoms with van der Waals surface area (Å²) in [4.78, 5) is 14.3. The predicted octanol–water partition coefficient (Wildman–Crippen LogP) is 4.34. The third-order valence-corrected chi connectivity index (χ3v) is 6.26. The number of amides is 1. The molecule has 0 aliphatic carbocycles. The first-order valence-electron chi connectivity index (χ1n) is 8.55. The van der Waals surface area contributed by atoms with E-state index >= 15 is 0 Å². The van der Waals surface area contributed by atoms with Crippen LogP contribution in [0, 0.1) is 5.82 Å². The van der Waals surface area contributed by atoms with Crippen LogP contribution in [0.5, 0.6) is 0 Å². The Morgan fingerprint density at radius 2 is 1.79 bits per heavy atom. The Kier molecular flexibility index (Phi) is 6.85. The van der Waals surface area contributed by atoms with Crippen molar-refractivity contribution in [2.24, 2.45) is 0 Å². The van der Waals surface area contributed by atoms with Crippen molar-refractivity contribution < 1.29 is 17.6 Å². The number of anilines is 1. The van der Waals surface area contributed by atoms with E-state index in [9.17, 15) is 17.6 Å². The molecule has 0 N–H and O–H groups in total. The number of benzene rings is 2. The number of hydrogen-bond donors (Lipinski definition) is 0. The van der Waals surface area contributed by atoms with Crippen molar-refractivity contribution in [3.63, 3.8) is 0 Å². The zero-order valence-electron chi connectivity index (χ0n) is 15.9. The molecule has 0 aromatic heterocycles. The van der Waals surface area contributed by atoms with Gasteiger partial charge in [0.05, 0.1) is 21.2 Å². The van der Waals surface area contributed by atoms with Crippen LogP contribution in [-0.4, -0.2) is 39.4 Å². The molecule has 2 aromatic carbocycles. The van der Waals surface area contributed by atoms with Crippen LogP contribution in [0.25, 0.3) is 0 Å². The SMILES string of the molecule is C=C(C)CN(CC)C(=O)c1cc(S(=O)(=O)N(C)c2ccc(F)cc2)ccc1Cl. The van der Waals surface area contributed by atoms with E-state index in [-0.39, 0.29) is 21.4 Å². The fraction of sp³-hybridized carbons (Fsp3) is 0.250. The van der Waals surface area contributed by atoms with Crippen LogP contribution >= 0.6 is 11.6 Å². The summed E-state index contributed by atoms with van der Waals surface area (Å²) in [5, 5.41) is 0.161. The molecule has 0 saturated carbocycles. The van der Waals surface area contributed by atoms with Gasteiger partial charge in [-0.1, -0.05) is 23.8 Å². The van der Waals surface area contributed by atoms with Gasteiger partial charge in [-0.05, 0) is 56.3 Å². The zero-order chi connectivity index (χ0) is 21.1. The van der Waals surface area contributed by atoms with Crippen LogP contribution < -0.4 is 4.31 Å². The van der Waals surface area contributed by atoms with Crippen LogP contribution in [0.1, 0.15) is 24.2 Å². The van der Waals surface area contributed by atoms with E-state index in [4.69, 9.17) is 11.6 Å². The van der Waals surface area contributed by atoms with Crippen molar-refractivity contribution in [3.05, 3.63) is 71.0 Å². The van der Waals surface area contributed by atoms with E-state index in [1.165, 1.54) is 54.4 Å². The average molecular weight is 425 g/mol. The maximum atomic E-state index is 13.1. The first-order chi connectivity index (χ1) is 13.1. The number of carbonyl (C=O) groups excluding carboxylic acids is 1. The lowest BCUT2D eigenvalue weighted by Crippen LogP contribution is -2.33. The smallest absolute Gasteiger partial charge is 0.264 e. The predicted molar refractivity (Wildman–Crippen MR) is 110 cm³/mol. The molecule has 0 aliphatic heterocycles. The zero-order valence-corrected chi connectivity index (χ0v) is 17.5. The molecule has 8 heteroatoms. The van der Waals surface area contributed by atoms with Crippen LogP contribution in [0.3, 0.4) is 0 Å². The second-order valence-electron chi connectivity index (χ2n) is 6.37. The van der Waals surface area contributed by atoms with Crippen LogP contribution in [0.4, 0.5) is 10.1 Å². The Hall–Kier alpha value is -2.38. The molecule has 0 saturated heterocycles. The maximum absolute atomic E-state index is 13.1. The van der Waals surface area contributed by atoms with Gasteiger partial charge in [0.2, 0.25) is 0 Å². The molecule has 28 heavy (non-hydrogen) atoms. The monoisotopic (exact) mass is 424 g/mol. The van der Waals surface area contributed by atoms with Crippen molar-refractivity contribution in [1.82, 2.24) is 4.90 Å². The molecule has 0 radical (unpaired) electrons. The number of likely N-dealkylation sites (N-methyl/N-ethyl adjacent to an activating group) is 1. The van der Waals surface area contributed by atoms with Crippen molar-refractivity contribution in [2.75, 3.05) is 24.4 Å². The molecular weight excluding hydrogens is 403 g/mol. The number of nitrogens with zero attached hydrogens (tertiary/aromatic N) is 2. The number of sulfonamides is 1. The van der Waals surface area contributed by atoms with Gasteiger partial charge >= 0.3 is 0 Å². The van der Waals surface area contributed by atoms with Gasteiger partial charge in [0, 0.05) is 20.1 Å². The molecule has 150 valence electrons. The average Bonchev–Trinajstić information content (AvgIpc) is 2.65. The van der Waals surface area contributed by atoms with Gasteiger partial charge in [0.15, 0.2) is 0 Å². The quantitative estimate of drug-likeness (QED) is 0.621. The summed E-state index contributed by atoms with van der Waals surface area (Å²) in [5.41, 5.74) is 1.19. The molecule has 0 fully saturated rings. The van der Waals surface area contributed by atoms with Gasteiger partial charge in [-0.15, -0.1) is 0 Å². The molecule has 0 aliphatic rings. The fourth-order valence-electron chi connectivity index (χ4n) is 2.60. The largest absolute Gasteiger partial charge is 0.335 e. The lowest BCUT2D eigenvalue weighted by molar-refractivity contribution is 0.0778. The summed E-state index contributed by atoms with van der Waals surface area (Å²) in [7, 11) is -2.61. The Balaban J connectivity index is 2.44. The molecule has 0 heterocycles. The second-order valence-corrected chi connectivity index (χ2v) is 8.74. The molecule has 2 aromatic rings. The van der Waals surface area contributed by atoms with E-state index in [1.807, 2.05) is 6.92 Å². The highest BCUT2D eigenvalue weighted by molar-refractivity contribution is 7.92. The van der Waals surface area contributed by atoms with Gasteiger partial charge in [-0.25, -0.2) is 12.8 Å². The molecule has 0 unspecified atom stereocenters. The van der Waals surface area contributed by atoms with Gasteiger partial charge in [-0.2, -0.15) is 0 Å². The Morgan fingerprint density at radius 1 is 1.18 bits per heavy atom. The van der Waals surface area contributed by atoms with Crippen LogP contribution in [-0.2, 0) is 10.0 Å². The third-order valence-electron chi connectivity index (χ3n) is 4.15. The van der Waals surface area contributed by atoms with Crippen molar-refractivity contribution in [3.8, 4) is 0 Å². The van der Waals surface area contributed by atoms with Gasteiger partial charge in [0.25, 0.3) is 15.9 Å². The van der Waals surface area contributed by atoms with E-state index in [0.29, 0.717) is 18.8 Å². The van der Waals surface area contributed by atoms with Crippen LogP contribution in [0.15, 0.2) is 59.5 Å². The number of carbonyl (C=O) groups is 1. The summed E-state index contributed by atoms with van der Waals surface area (Å²) in [6, 6.07) is 9.06. The highest BCUT2D eigenvalue weighted by Crippen LogP contribution is 2.27. The lowest BCUT2D eigenvalue weighted by atomic mass is 10.2. The van der Waals surface area contributed by atoms with Crippen LogP contribution in [0.2, 0.25) is 5.02 Å². The highest BCUT2D eigenvalue weighted by Gasteiger charge is 2.25. The third kappa shape index (κ3) is 4.72. The molecule has 2 rings (SSSR count). The standard InChI is InChI=1S/C20H22ClFN2O3S/c1-5-24(13-14(2)3)20(25)18-12-17(10-11-19(18)21)28(26,27)23(4)16-8-6-15(22)7-9-16/h6-12H,2,5,13H2,1,3-4H3. The fourth-order valence-corrected chi connectivity index (χ4v) is 4.02. The minimum absolute atomic E-state index is 0.0848. The van der Waals surface area contributed by atoms with Crippen molar-refractivity contribution in [2.45, 2.75) is 18.7 Å². The molecule has 5 nitrogen and oxygen atoms in total. The number of rotatable bonds is 7. The normalized spacial score (nSPS) is 11.2. The van der Waals surface area contributed by atoms with E-state index in [2.05, 4.69) is 6.58 Å². The molecule has 0 bridgehead atoms. The van der Waals surface area contributed by atoms with Gasteiger partial charge < -0.3 is 4.90 Å². The summed E-state index contributed by atoms with van der Waals surface area (Å²) in [6.45, 7) is 8.19. The minimum Gasteiger partial charge on any atom is -0.335 e. The maximum Gasteiger partial charge on any atom is 0.264 e. The Morgan fingerprint density at radius 3 is 2.32 bits per heavy atom. The minimum atomic E-state index is -3.97. The molecule has 0 atom stereocenters. The van der Waals surface area contributed by atoms with E-state index in [0.717, 1.165) is 9.88 Å². The molecule has 0 spiro atoms. The second kappa shape index (κ2) is 8.75. The lowest BCUT2D eigenvalue weighted by Gasteiger charge is -2.23. The molecule has 1 amide bonds. The Labute approximate surface area is 170 Å². The molecular formula is C20H22ClFN2O3S. The first-order valence-corrected chi connectivity index (χ1v) is 10.4. The topological polar surface area (TPSA) is 57.7 Å². The summed E-state index contributed by atoms with van der Waals surface area (Å²) in [6.07, 6.45) is 0. The Bertz CT molecular complexity index is 991. The van der Waals surface area contributed by atoms with Crippen molar-refractivity contribution >= 4 is 33.2 Å². The summed E-state index contributed by atoms with van der Waals surface area (Å²) >= 11 is 6.17. The number of hydrogen-bond acceptors (Lipinski definition) is 3. The highest BCUT2D eigenvalue weighted by atomic mass is 35.5. The van der Waals surface area contributed by atoms with E-state index < -0.39 is 15.8 Å². The van der Waals surface area contributed by atoms with Gasteiger partial charge in [-0.3, -0.25) is 9.10 Å². The summed E-state index contributed by atoms with van der Waals surface area (Å²) < 4.78 is 40.1. The van der Waals surface area contributed by atoms with Gasteiger partial charge in [0.1, 0.15) is 5.82 Å². The number of halogens is 2. The van der Waals surface area contributed by atoms with Crippen molar-refractivity contribution in [1.29, 1.82) is 0 Å². The van der Waals surface area contributed by atoms with E-state index in [1.54, 1.807) is 6.92 Å².